The predicted octanol–water partition coefficient (Wildman–Crippen LogP) is 2.00. The number of rotatable bonds is 7. The highest BCUT2D eigenvalue weighted by Crippen LogP contribution is 2.14. The van der Waals surface area contributed by atoms with Gasteiger partial charge in [-0.05, 0) is 29.8 Å². The maximum Gasteiger partial charge on any atom is 0.209 e. The SMILES string of the molecule is CS(=O)(=O)NCC(=O)c1ccc(OCc2ccccc2)cc1. The fourth-order valence-electron chi connectivity index (χ4n) is 1.78. The Morgan fingerprint density at radius 2 is 1.68 bits per heavy atom. The third-order valence-electron chi connectivity index (χ3n) is 2.92. The van der Waals surface area contributed by atoms with Gasteiger partial charge in [-0.3, -0.25) is 4.79 Å². The summed E-state index contributed by atoms with van der Waals surface area (Å²) < 4.78 is 29.7. The molecule has 5 nitrogen and oxygen atoms in total. The number of hydrogen-bond acceptors (Lipinski definition) is 4. The molecule has 0 fully saturated rings. The molecule has 116 valence electrons. The zero-order valence-electron chi connectivity index (χ0n) is 12.2. The van der Waals surface area contributed by atoms with Crippen molar-refractivity contribution in [2.75, 3.05) is 12.8 Å². The highest BCUT2D eigenvalue weighted by atomic mass is 32.2. The van der Waals surface area contributed by atoms with Gasteiger partial charge in [0, 0.05) is 5.56 Å². The molecule has 0 radical (unpaired) electrons. The second-order valence-electron chi connectivity index (χ2n) is 4.82. The van der Waals surface area contributed by atoms with Crippen molar-refractivity contribution < 1.29 is 17.9 Å². The van der Waals surface area contributed by atoms with Gasteiger partial charge in [0.2, 0.25) is 10.0 Å². The number of ether oxygens (including phenoxy) is 1. The molecule has 2 aromatic rings. The van der Waals surface area contributed by atoms with E-state index < -0.39 is 10.0 Å². The molecule has 1 N–H and O–H groups in total. The average Bonchev–Trinajstić information content (AvgIpc) is 2.51. The third kappa shape index (κ3) is 5.31. The van der Waals surface area contributed by atoms with Crippen LogP contribution < -0.4 is 9.46 Å². The standard InChI is InChI=1S/C16H17NO4S/c1-22(19,20)17-11-16(18)14-7-9-15(10-8-14)21-12-13-5-3-2-4-6-13/h2-10,17H,11-12H2,1H3. The van der Waals surface area contributed by atoms with E-state index in [4.69, 9.17) is 4.74 Å². The summed E-state index contributed by atoms with van der Waals surface area (Å²) in [5.41, 5.74) is 1.49. The summed E-state index contributed by atoms with van der Waals surface area (Å²) in [6, 6.07) is 16.4. The molecular weight excluding hydrogens is 302 g/mol. The monoisotopic (exact) mass is 319 g/mol. The zero-order chi connectivity index (χ0) is 16.0. The summed E-state index contributed by atoms with van der Waals surface area (Å²) in [6.07, 6.45) is 1.01. The van der Waals surface area contributed by atoms with Crippen molar-refractivity contribution in [3.05, 3.63) is 65.7 Å². The molecule has 0 aliphatic carbocycles. The maximum absolute atomic E-state index is 11.8. The molecule has 0 aliphatic rings. The van der Waals surface area contributed by atoms with E-state index in [1.807, 2.05) is 30.3 Å². The van der Waals surface area contributed by atoms with Crippen molar-refractivity contribution >= 4 is 15.8 Å². The topological polar surface area (TPSA) is 72.5 Å². The molecule has 0 bridgehead atoms. The van der Waals surface area contributed by atoms with Crippen LogP contribution in [0.2, 0.25) is 0 Å². The van der Waals surface area contributed by atoms with Gasteiger partial charge in [-0.15, -0.1) is 0 Å². The van der Waals surface area contributed by atoms with Crippen LogP contribution in [0.1, 0.15) is 15.9 Å². The van der Waals surface area contributed by atoms with Crippen LogP contribution in [0.5, 0.6) is 5.75 Å². The first-order valence-corrected chi connectivity index (χ1v) is 8.58. The van der Waals surface area contributed by atoms with Crippen molar-refractivity contribution in [2.45, 2.75) is 6.61 Å². The molecule has 0 spiro atoms. The van der Waals surface area contributed by atoms with E-state index in [9.17, 15) is 13.2 Å². The number of Topliss-reactive ketones (excluding diaryl/α,β-unsaturated/α-hetero) is 1. The Balaban J connectivity index is 1.91. The largest absolute Gasteiger partial charge is 0.489 e. The first-order chi connectivity index (χ1) is 10.4. The molecule has 0 aromatic heterocycles. The number of carbonyl (C=O) groups excluding carboxylic acids is 1. The molecule has 2 aromatic carbocycles. The van der Waals surface area contributed by atoms with Gasteiger partial charge >= 0.3 is 0 Å². The van der Waals surface area contributed by atoms with Crippen molar-refractivity contribution in [2.24, 2.45) is 0 Å². The molecule has 0 atom stereocenters. The van der Waals surface area contributed by atoms with Gasteiger partial charge in [-0.2, -0.15) is 0 Å². The zero-order valence-corrected chi connectivity index (χ0v) is 13.0. The first kappa shape index (κ1) is 16.2. The average molecular weight is 319 g/mol. The van der Waals surface area contributed by atoms with Crippen LogP contribution >= 0.6 is 0 Å². The molecule has 0 saturated heterocycles. The minimum Gasteiger partial charge on any atom is -0.489 e. The summed E-state index contributed by atoms with van der Waals surface area (Å²) in [5, 5.41) is 0. The van der Waals surface area contributed by atoms with Crippen LogP contribution in [-0.2, 0) is 16.6 Å². The van der Waals surface area contributed by atoms with Crippen LogP contribution in [0, 0.1) is 0 Å². The van der Waals surface area contributed by atoms with Crippen molar-refractivity contribution in [1.29, 1.82) is 0 Å². The number of hydrogen-bond donors (Lipinski definition) is 1. The maximum atomic E-state index is 11.8. The van der Waals surface area contributed by atoms with Crippen LogP contribution in [0.4, 0.5) is 0 Å². The Bertz CT molecular complexity index is 725. The van der Waals surface area contributed by atoms with E-state index in [0.29, 0.717) is 17.9 Å². The van der Waals surface area contributed by atoms with E-state index in [1.165, 1.54) is 0 Å². The van der Waals surface area contributed by atoms with E-state index >= 15 is 0 Å². The summed E-state index contributed by atoms with van der Waals surface area (Å²) >= 11 is 0. The lowest BCUT2D eigenvalue weighted by atomic mass is 10.1. The lowest BCUT2D eigenvalue weighted by Crippen LogP contribution is -2.28. The number of sulfonamides is 1. The number of carbonyl (C=O) groups is 1. The Labute approximate surface area is 130 Å². The summed E-state index contributed by atoms with van der Waals surface area (Å²) in [5.74, 6) is 0.358. The minimum atomic E-state index is -3.37. The van der Waals surface area contributed by atoms with E-state index in [2.05, 4.69) is 4.72 Å². The lowest BCUT2D eigenvalue weighted by molar-refractivity contribution is 0.0997. The molecular formula is C16H17NO4S. The molecule has 6 heteroatoms. The molecule has 0 unspecified atom stereocenters. The van der Waals surface area contributed by atoms with Gasteiger partial charge < -0.3 is 4.74 Å². The fourth-order valence-corrected chi connectivity index (χ4v) is 2.17. The van der Waals surface area contributed by atoms with Crippen molar-refractivity contribution in [3.63, 3.8) is 0 Å². The van der Waals surface area contributed by atoms with Crippen LogP contribution in [-0.4, -0.2) is 27.0 Å². The first-order valence-electron chi connectivity index (χ1n) is 6.69. The quantitative estimate of drug-likeness (QED) is 0.792. The highest BCUT2D eigenvalue weighted by Gasteiger charge is 2.09. The van der Waals surface area contributed by atoms with Gasteiger partial charge in [0.25, 0.3) is 0 Å². The minimum absolute atomic E-state index is 0.247. The lowest BCUT2D eigenvalue weighted by Gasteiger charge is -2.07. The van der Waals surface area contributed by atoms with E-state index in [1.54, 1.807) is 24.3 Å². The smallest absolute Gasteiger partial charge is 0.209 e. The van der Waals surface area contributed by atoms with Gasteiger partial charge in [0.05, 0.1) is 12.8 Å². The number of nitrogens with one attached hydrogen (secondary N) is 1. The predicted molar refractivity (Wildman–Crippen MR) is 84.4 cm³/mol. The van der Waals surface area contributed by atoms with E-state index in [-0.39, 0.29) is 12.3 Å². The van der Waals surface area contributed by atoms with Crippen molar-refractivity contribution in [1.82, 2.24) is 4.72 Å². The van der Waals surface area contributed by atoms with Crippen LogP contribution in [0.3, 0.4) is 0 Å². The molecule has 0 heterocycles. The second kappa shape index (κ2) is 7.20. The summed E-state index contributed by atoms with van der Waals surface area (Å²) in [6.45, 7) is 0.201. The molecule has 0 aliphatic heterocycles. The Kier molecular flexibility index (Phi) is 5.30. The second-order valence-corrected chi connectivity index (χ2v) is 6.65. The van der Waals surface area contributed by atoms with Crippen molar-refractivity contribution in [3.8, 4) is 5.75 Å². The molecule has 0 amide bonds. The van der Waals surface area contributed by atoms with Crippen LogP contribution in [0.25, 0.3) is 0 Å². The highest BCUT2D eigenvalue weighted by molar-refractivity contribution is 7.88. The summed E-state index contributed by atoms with van der Waals surface area (Å²) in [7, 11) is -3.37. The molecule has 0 saturated carbocycles. The Morgan fingerprint density at radius 3 is 2.27 bits per heavy atom. The molecule has 22 heavy (non-hydrogen) atoms. The van der Waals surface area contributed by atoms with Gasteiger partial charge in [-0.25, -0.2) is 13.1 Å². The third-order valence-corrected chi connectivity index (χ3v) is 3.59. The molecule has 2 rings (SSSR count). The van der Waals surface area contributed by atoms with Crippen LogP contribution in [0.15, 0.2) is 54.6 Å². The Morgan fingerprint density at radius 1 is 1.05 bits per heavy atom. The van der Waals surface area contributed by atoms with Gasteiger partial charge in [0.15, 0.2) is 5.78 Å². The Hall–Kier alpha value is -2.18. The van der Waals surface area contributed by atoms with E-state index in [0.717, 1.165) is 11.8 Å². The van der Waals surface area contributed by atoms with Gasteiger partial charge in [-0.1, -0.05) is 30.3 Å². The normalized spacial score (nSPS) is 11.1. The van der Waals surface area contributed by atoms with Gasteiger partial charge in [0.1, 0.15) is 12.4 Å². The number of benzene rings is 2. The summed E-state index contributed by atoms with van der Waals surface area (Å²) in [4.78, 5) is 11.8. The number of ketones is 1. The fraction of sp³-hybridized carbons (Fsp3) is 0.188.